The first kappa shape index (κ1) is 12.8. The second-order valence-corrected chi connectivity index (χ2v) is 4.12. The highest BCUT2D eigenvalue weighted by Gasteiger charge is 2.11. The molecule has 0 aliphatic heterocycles. The molecule has 0 bridgehead atoms. The van der Waals surface area contributed by atoms with E-state index in [1.807, 2.05) is 6.92 Å². The smallest absolute Gasteiger partial charge is 0.263 e. The normalized spacial score (nSPS) is 11.3. The number of aromatic nitrogens is 3. The average molecular weight is 249 g/mol. The lowest BCUT2D eigenvalue weighted by molar-refractivity contribution is 0.316. The van der Waals surface area contributed by atoms with Crippen LogP contribution in [-0.4, -0.2) is 46.2 Å². The Morgan fingerprint density at radius 3 is 2.78 bits per heavy atom. The Hall–Kier alpha value is -1.69. The molecule has 0 saturated heterocycles. The molecular formula is C12H19N5O. The van der Waals surface area contributed by atoms with Gasteiger partial charge < -0.3 is 14.7 Å². The minimum Gasteiger partial charge on any atom is -0.368 e. The van der Waals surface area contributed by atoms with E-state index >= 15 is 0 Å². The Bertz CT molecular complexity index is 506. The number of likely N-dealkylation sites (N-methyl/N-ethyl adjacent to an activating group) is 1. The Labute approximate surface area is 106 Å². The van der Waals surface area contributed by atoms with Crippen LogP contribution in [0.2, 0.25) is 0 Å². The maximum absolute atomic E-state index is 5.11. The van der Waals surface area contributed by atoms with Crippen LogP contribution in [0.5, 0.6) is 0 Å². The third kappa shape index (κ3) is 2.59. The number of hydrogen-bond donors (Lipinski definition) is 1. The van der Waals surface area contributed by atoms with Crippen molar-refractivity contribution in [2.75, 3.05) is 31.5 Å². The number of hydrogen-bond acceptors (Lipinski definition) is 6. The molecule has 0 atom stereocenters. The van der Waals surface area contributed by atoms with Crippen LogP contribution in [0, 0.1) is 6.92 Å². The zero-order valence-electron chi connectivity index (χ0n) is 11.1. The topological polar surface area (TPSA) is 67.1 Å². The second kappa shape index (κ2) is 5.77. The van der Waals surface area contributed by atoms with Gasteiger partial charge in [-0.1, -0.05) is 19.0 Å². The summed E-state index contributed by atoms with van der Waals surface area (Å²) in [6, 6.07) is 0. The van der Waals surface area contributed by atoms with Crippen molar-refractivity contribution in [1.29, 1.82) is 0 Å². The maximum atomic E-state index is 5.11. The molecule has 0 aromatic carbocycles. The maximum Gasteiger partial charge on any atom is 0.263 e. The van der Waals surface area contributed by atoms with Crippen LogP contribution in [0.3, 0.4) is 0 Å². The molecule has 0 spiro atoms. The van der Waals surface area contributed by atoms with Gasteiger partial charge in [0.2, 0.25) is 0 Å². The van der Waals surface area contributed by atoms with Crippen molar-refractivity contribution in [2.24, 2.45) is 0 Å². The van der Waals surface area contributed by atoms with Crippen LogP contribution >= 0.6 is 0 Å². The van der Waals surface area contributed by atoms with Gasteiger partial charge in [0.05, 0.1) is 5.69 Å². The Morgan fingerprint density at radius 2 is 2.06 bits per heavy atom. The van der Waals surface area contributed by atoms with Crippen molar-refractivity contribution in [2.45, 2.75) is 20.8 Å². The molecule has 2 aromatic rings. The number of nitrogens with one attached hydrogen (secondary N) is 1. The number of fused-ring (bicyclic) bond motifs is 1. The van der Waals surface area contributed by atoms with Gasteiger partial charge in [0, 0.05) is 13.1 Å². The monoisotopic (exact) mass is 249 g/mol. The van der Waals surface area contributed by atoms with E-state index in [-0.39, 0.29) is 0 Å². The molecule has 0 radical (unpaired) electrons. The summed E-state index contributed by atoms with van der Waals surface area (Å²) in [5, 5.41) is 8.10. The van der Waals surface area contributed by atoms with E-state index < -0.39 is 0 Å². The van der Waals surface area contributed by atoms with Gasteiger partial charge in [0.25, 0.3) is 5.71 Å². The van der Waals surface area contributed by atoms with Gasteiger partial charge in [-0.05, 0) is 20.0 Å². The zero-order valence-corrected chi connectivity index (χ0v) is 11.1. The fourth-order valence-electron chi connectivity index (χ4n) is 1.93. The molecule has 0 amide bonds. The average Bonchev–Trinajstić information content (AvgIpc) is 2.77. The molecular weight excluding hydrogens is 230 g/mol. The minimum absolute atomic E-state index is 0.535. The minimum atomic E-state index is 0.535. The largest absolute Gasteiger partial charge is 0.368 e. The Morgan fingerprint density at radius 1 is 1.28 bits per heavy atom. The van der Waals surface area contributed by atoms with Crippen molar-refractivity contribution in [3.05, 3.63) is 12.0 Å². The summed E-state index contributed by atoms with van der Waals surface area (Å²) < 4.78 is 5.11. The second-order valence-electron chi connectivity index (χ2n) is 4.12. The highest BCUT2D eigenvalue weighted by atomic mass is 16.5. The van der Waals surface area contributed by atoms with Gasteiger partial charge in [0.15, 0.2) is 0 Å². The quantitative estimate of drug-likeness (QED) is 0.840. The predicted molar refractivity (Wildman–Crippen MR) is 70.6 cm³/mol. The molecule has 0 aliphatic carbocycles. The Kier molecular flexibility index (Phi) is 4.09. The first-order valence-electron chi connectivity index (χ1n) is 6.29. The van der Waals surface area contributed by atoms with E-state index in [0.29, 0.717) is 5.71 Å². The molecule has 0 aliphatic rings. The number of anilines is 1. The Balaban J connectivity index is 2.05. The van der Waals surface area contributed by atoms with Crippen LogP contribution in [0.15, 0.2) is 10.9 Å². The highest BCUT2D eigenvalue weighted by molar-refractivity contribution is 5.87. The van der Waals surface area contributed by atoms with Crippen molar-refractivity contribution in [3.63, 3.8) is 0 Å². The molecule has 98 valence electrons. The first-order valence-corrected chi connectivity index (χ1v) is 6.29. The summed E-state index contributed by atoms with van der Waals surface area (Å²) in [6.07, 6.45) is 1.49. The SMILES string of the molecule is CCN(CC)CCNc1ncnc2onc(C)c12. The molecule has 0 unspecified atom stereocenters. The highest BCUT2D eigenvalue weighted by Crippen LogP contribution is 2.21. The van der Waals surface area contributed by atoms with E-state index in [2.05, 4.69) is 39.2 Å². The lowest BCUT2D eigenvalue weighted by atomic mass is 10.3. The molecule has 2 rings (SSSR count). The third-order valence-electron chi connectivity index (χ3n) is 3.06. The fourth-order valence-corrected chi connectivity index (χ4v) is 1.93. The molecule has 6 nitrogen and oxygen atoms in total. The van der Waals surface area contributed by atoms with Crippen molar-refractivity contribution < 1.29 is 4.52 Å². The lowest BCUT2D eigenvalue weighted by Crippen LogP contribution is -2.28. The van der Waals surface area contributed by atoms with Crippen molar-refractivity contribution in [3.8, 4) is 0 Å². The molecule has 2 heterocycles. The number of rotatable bonds is 6. The molecule has 6 heteroatoms. The van der Waals surface area contributed by atoms with E-state index in [4.69, 9.17) is 4.52 Å². The van der Waals surface area contributed by atoms with Crippen LogP contribution < -0.4 is 5.32 Å². The molecule has 0 fully saturated rings. The summed E-state index contributed by atoms with van der Waals surface area (Å²) in [5.41, 5.74) is 1.35. The van der Waals surface area contributed by atoms with Gasteiger partial charge in [-0.3, -0.25) is 0 Å². The molecule has 1 N–H and O–H groups in total. The number of nitrogens with zero attached hydrogens (tertiary/aromatic N) is 4. The predicted octanol–water partition coefficient (Wildman–Crippen LogP) is 1.68. The standard InChI is InChI=1S/C12H19N5O/c1-4-17(5-2)7-6-13-11-10-9(3)16-18-12(10)15-8-14-11/h8H,4-7H2,1-3H3,(H,13,14,15). The first-order chi connectivity index (χ1) is 8.76. The summed E-state index contributed by atoms with van der Waals surface area (Å²) >= 11 is 0. The van der Waals surface area contributed by atoms with Crippen molar-refractivity contribution in [1.82, 2.24) is 20.0 Å². The van der Waals surface area contributed by atoms with Gasteiger partial charge >= 0.3 is 0 Å². The van der Waals surface area contributed by atoms with Crippen LogP contribution in [0.4, 0.5) is 5.82 Å². The van der Waals surface area contributed by atoms with Gasteiger partial charge in [-0.25, -0.2) is 4.98 Å². The molecule has 0 saturated carbocycles. The third-order valence-corrected chi connectivity index (χ3v) is 3.06. The summed E-state index contributed by atoms with van der Waals surface area (Å²) in [4.78, 5) is 10.6. The molecule has 18 heavy (non-hydrogen) atoms. The van der Waals surface area contributed by atoms with Gasteiger partial charge in [0.1, 0.15) is 17.5 Å². The lowest BCUT2D eigenvalue weighted by Gasteiger charge is -2.18. The van der Waals surface area contributed by atoms with Gasteiger partial charge in [-0.15, -0.1) is 0 Å². The molecule has 2 aromatic heterocycles. The van der Waals surface area contributed by atoms with Crippen LogP contribution in [-0.2, 0) is 0 Å². The van der Waals surface area contributed by atoms with Gasteiger partial charge in [-0.2, -0.15) is 4.98 Å². The van der Waals surface area contributed by atoms with Crippen LogP contribution in [0.25, 0.3) is 11.1 Å². The van der Waals surface area contributed by atoms with E-state index in [1.165, 1.54) is 6.33 Å². The summed E-state index contributed by atoms with van der Waals surface area (Å²) in [6.45, 7) is 10.2. The van der Waals surface area contributed by atoms with E-state index in [0.717, 1.165) is 43.1 Å². The zero-order chi connectivity index (χ0) is 13.0. The fraction of sp³-hybridized carbons (Fsp3) is 0.583. The van der Waals surface area contributed by atoms with E-state index in [1.54, 1.807) is 0 Å². The summed E-state index contributed by atoms with van der Waals surface area (Å²) in [7, 11) is 0. The van der Waals surface area contributed by atoms with E-state index in [9.17, 15) is 0 Å². The summed E-state index contributed by atoms with van der Waals surface area (Å²) in [5.74, 6) is 0.797. The number of aryl methyl sites for hydroxylation is 1. The van der Waals surface area contributed by atoms with Crippen molar-refractivity contribution >= 4 is 16.9 Å². The van der Waals surface area contributed by atoms with Crippen LogP contribution in [0.1, 0.15) is 19.5 Å².